The van der Waals surface area contributed by atoms with Crippen LogP contribution in [0.5, 0.6) is 17.2 Å². The van der Waals surface area contributed by atoms with Gasteiger partial charge in [0.2, 0.25) is 0 Å². The molecular weight excluding hydrogens is 430 g/mol. The molecule has 1 N–H and O–H groups in total. The van der Waals surface area contributed by atoms with Crippen LogP contribution in [0.25, 0.3) is 0 Å². The molecule has 33 heavy (non-hydrogen) atoms. The second-order valence-corrected chi connectivity index (χ2v) is 6.46. The number of esters is 1. The number of nitro groups is 1. The molecule has 0 aliphatic rings. The Balaban J connectivity index is 1.58. The number of benzene rings is 3. The van der Waals surface area contributed by atoms with Crippen LogP contribution in [0.4, 0.5) is 5.69 Å². The molecule has 0 aromatic heterocycles. The highest BCUT2D eigenvalue weighted by Gasteiger charge is 2.13. The molecule has 0 radical (unpaired) electrons. The second-order valence-electron chi connectivity index (χ2n) is 6.46. The number of amides is 1. The molecule has 168 valence electrons. The maximum atomic E-state index is 12.4. The molecule has 3 aromatic rings. The number of nitrogens with zero attached hydrogens (tertiary/aromatic N) is 2. The van der Waals surface area contributed by atoms with Gasteiger partial charge in [0, 0.05) is 17.7 Å². The van der Waals surface area contributed by atoms with E-state index in [-0.39, 0.29) is 23.6 Å². The number of hydrogen-bond acceptors (Lipinski definition) is 8. The van der Waals surface area contributed by atoms with E-state index in [4.69, 9.17) is 14.2 Å². The SMILES string of the molecule is COc1ccccc1OCC(=O)NN=Cc1ccccc1OC(=O)c1ccc([N+](=O)[O-])cc1. The lowest BCUT2D eigenvalue weighted by atomic mass is 10.2. The highest BCUT2D eigenvalue weighted by atomic mass is 16.6. The van der Waals surface area contributed by atoms with Crippen LogP contribution >= 0.6 is 0 Å². The van der Waals surface area contributed by atoms with Gasteiger partial charge in [0.05, 0.1) is 23.8 Å². The van der Waals surface area contributed by atoms with Crippen molar-refractivity contribution < 1.29 is 28.7 Å². The molecular formula is C23H19N3O7. The highest BCUT2D eigenvalue weighted by Crippen LogP contribution is 2.25. The first-order valence-electron chi connectivity index (χ1n) is 9.61. The largest absolute Gasteiger partial charge is 0.493 e. The van der Waals surface area contributed by atoms with Crippen LogP contribution in [-0.2, 0) is 4.79 Å². The summed E-state index contributed by atoms with van der Waals surface area (Å²) in [5.41, 5.74) is 2.77. The van der Waals surface area contributed by atoms with Crippen LogP contribution in [0.3, 0.4) is 0 Å². The van der Waals surface area contributed by atoms with Crippen LogP contribution in [0.1, 0.15) is 15.9 Å². The van der Waals surface area contributed by atoms with E-state index < -0.39 is 16.8 Å². The summed E-state index contributed by atoms with van der Waals surface area (Å²) in [6.07, 6.45) is 1.32. The summed E-state index contributed by atoms with van der Waals surface area (Å²) in [4.78, 5) is 34.6. The molecule has 10 nitrogen and oxygen atoms in total. The minimum atomic E-state index is -0.694. The Morgan fingerprint density at radius 1 is 0.970 bits per heavy atom. The van der Waals surface area contributed by atoms with Gasteiger partial charge in [-0.3, -0.25) is 14.9 Å². The summed E-state index contributed by atoms with van der Waals surface area (Å²) >= 11 is 0. The van der Waals surface area contributed by atoms with Crippen LogP contribution in [-0.4, -0.2) is 36.7 Å². The smallest absolute Gasteiger partial charge is 0.343 e. The molecule has 0 atom stereocenters. The Labute approximate surface area is 188 Å². The van der Waals surface area contributed by atoms with Crippen molar-refractivity contribution in [2.75, 3.05) is 13.7 Å². The molecule has 0 bridgehead atoms. The molecule has 0 fully saturated rings. The van der Waals surface area contributed by atoms with E-state index in [0.29, 0.717) is 17.1 Å². The average Bonchev–Trinajstić information content (AvgIpc) is 2.84. The number of methoxy groups -OCH3 is 1. The van der Waals surface area contributed by atoms with Crippen molar-refractivity contribution in [2.45, 2.75) is 0 Å². The number of hydrogen-bond donors (Lipinski definition) is 1. The zero-order valence-corrected chi connectivity index (χ0v) is 17.5. The number of ether oxygens (including phenoxy) is 3. The summed E-state index contributed by atoms with van der Waals surface area (Å²) in [6, 6.07) is 18.5. The van der Waals surface area contributed by atoms with E-state index in [9.17, 15) is 19.7 Å². The number of nitrogens with one attached hydrogen (secondary N) is 1. The monoisotopic (exact) mass is 449 g/mol. The van der Waals surface area contributed by atoms with Gasteiger partial charge in [-0.2, -0.15) is 5.10 Å². The molecule has 0 spiro atoms. The maximum absolute atomic E-state index is 12.4. The van der Waals surface area contributed by atoms with Crippen molar-refractivity contribution in [3.05, 3.63) is 94.0 Å². The Hall–Kier alpha value is -4.73. The van der Waals surface area contributed by atoms with E-state index in [1.54, 1.807) is 48.5 Å². The van der Waals surface area contributed by atoms with Crippen LogP contribution in [0.15, 0.2) is 77.9 Å². The van der Waals surface area contributed by atoms with Gasteiger partial charge in [0.15, 0.2) is 18.1 Å². The summed E-state index contributed by atoms with van der Waals surface area (Å²) in [5, 5.41) is 14.6. The molecule has 1 amide bonds. The molecule has 0 heterocycles. The summed E-state index contributed by atoms with van der Waals surface area (Å²) in [5.74, 6) is -0.0816. The van der Waals surface area contributed by atoms with Gasteiger partial charge in [-0.25, -0.2) is 10.2 Å². The fraction of sp³-hybridized carbons (Fsp3) is 0.0870. The van der Waals surface area contributed by atoms with Gasteiger partial charge in [0.25, 0.3) is 11.6 Å². The Kier molecular flexibility index (Phi) is 7.68. The third-order valence-electron chi connectivity index (χ3n) is 4.26. The number of non-ortho nitro benzene ring substituents is 1. The van der Waals surface area contributed by atoms with E-state index in [2.05, 4.69) is 10.5 Å². The second kappa shape index (κ2) is 11.0. The number of carbonyl (C=O) groups excluding carboxylic acids is 2. The third-order valence-corrected chi connectivity index (χ3v) is 4.26. The molecule has 3 rings (SSSR count). The number of nitro benzene ring substituents is 1. The molecule has 10 heteroatoms. The number of para-hydroxylation sites is 3. The van der Waals surface area contributed by atoms with Gasteiger partial charge < -0.3 is 14.2 Å². The van der Waals surface area contributed by atoms with E-state index in [0.717, 1.165) is 0 Å². The predicted octanol–water partition coefficient (Wildman–Crippen LogP) is 3.35. The van der Waals surface area contributed by atoms with Crippen molar-refractivity contribution in [1.82, 2.24) is 5.43 Å². The molecule has 0 saturated carbocycles. The normalized spacial score (nSPS) is 10.5. The quantitative estimate of drug-likeness (QED) is 0.174. The standard InChI is InChI=1S/C23H19N3O7/c1-31-20-8-4-5-9-21(20)32-15-22(27)25-24-14-17-6-2-3-7-19(17)33-23(28)16-10-12-18(13-11-16)26(29)30/h2-14H,15H2,1H3,(H,25,27). The summed E-state index contributed by atoms with van der Waals surface area (Å²) < 4.78 is 15.9. The third kappa shape index (κ3) is 6.37. The Morgan fingerprint density at radius 2 is 1.61 bits per heavy atom. The fourth-order valence-electron chi connectivity index (χ4n) is 2.65. The lowest BCUT2D eigenvalue weighted by Crippen LogP contribution is -2.24. The van der Waals surface area contributed by atoms with Crippen LogP contribution < -0.4 is 19.6 Å². The highest BCUT2D eigenvalue weighted by molar-refractivity contribution is 5.93. The first-order valence-corrected chi connectivity index (χ1v) is 9.61. The minimum Gasteiger partial charge on any atom is -0.493 e. The van der Waals surface area contributed by atoms with E-state index in [1.165, 1.54) is 37.6 Å². The Morgan fingerprint density at radius 3 is 2.27 bits per heavy atom. The number of carbonyl (C=O) groups is 2. The predicted molar refractivity (Wildman–Crippen MR) is 119 cm³/mol. The maximum Gasteiger partial charge on any atom is 0.343 e. The average molecular weight is 449 g/mol. The van der Waals surface area contributed by atoms with Gasteiger partial charge in [0.1, 0.15) is 5.75 Å². The van der Waals surface area contributed by atoms with E-state index in [1.807, 2.05) is 0 Å². The minimum absolute atomic E-state index is 0.135. The molecule has 3 aromatic carbocycles. The van der Waals surface area contributed by atoms with Crippen molar-refractivity contribution in [3.8, 4) is 17.2 Å². The van der Waals surface area contributed by atoms with Gasteiger partial charge in [-0.15, -0.1) is 0 Å². The zero-order chi connectivity index (χ0) is 23.6. The fourth-order valence-corrected chi connectivity index (χ4v) is 2.65. The summed E-state index contributed by atoms with van der Waals surface area (Å²) in [6.45, 7) is -0.283. The van der Waals surface area contributed by atoms with Crippen LogP contribution in [0, 0.1) is 10.1 Å². The molecule has 0 unspecified atom stereocenters. The van der Waals surface area contributed by atoms with Crippen molar-refractivity contribution in [3.63, 3.8) is 0 Å². The first-order chi connectivity index (χ1) is 16.0. The van der Waals surface area contributed by atoms with Crippen molar-refractivity contribution >= 4 is 23.8 Å². The Bertz CT molecular complexity index is 1180. The number of hydrazone groups is 1. The number of rotatable bonds is 9. The molecule has 0 aliphatic carbocycles. The van der Waals surface area contributed by atoms with Gasteiger partial charge in [-0.1, -0.05) is 24.3 Å². The molecule has 0 saturated heterocycles. The van der Waals surface area contributed by atoms with Crippen molar-refractivity contribution in [1.29, 1.82) is 0 Å². The topological polar surface area (TPSA) is 129 Å². The lowest BCUT2D eigenvalue weighted by molar-refractivity contribution is -0.384. The van der Waals surface area contributed by atoms with Crippen molar-refractivity contribution in [2.24, 2.45) is 5.10 Å². The van der Waals surface area contributed by atoms with E-state index >= 15 is 0 Å². The van der Waals surface area contributed by atoms with Gasteiger partial charge in [-0.05, 0) is 36.4 Å². The van der Waals surface area contributed by atoms with Gasteiger partial charge >= 0.3 is 5.97 Å². The van der Waals surface area contributed by atoms with Crippen LogP contribution in [0.2, 0.25) is 0 Å². The first kappa shape index (κ1) is 22.9. The molecule has 0 aliphatic heterocycles. The summed E-state index contributed by atoms with van der Waals surface area (Å²) in [7, 11) is 1.50. The zero-order valence-electron chi connectivity index (χ0n) is 17.5. The lowest BCUT2D eigenvalue weighted by Gasteiger charge is -2.09.